The Hall–Kier alpha value is -2.58. The van der Waals surface area contributed by atoms with Crippen LogP contribution in [0.15, 0.2) is 30.3 Å². The average molecular weight is 384 g/mol. The molecule has 0 atom stereocenters. The van der Waals surface area contributed by atoms with Crippen molar-refractivity contribution in [3.63, 3.8) is 0 Å². The molecule has 1 fully saturated rings. The molecule has 5 nitrogen and oxygen atoms in total. The zero-order valence-electron chi connectivity index (χ0n) is 15.0. The van der Waals surface area contributed by atoms with Gasteiger partial charge in [-0.25, -0.2) is 9.37 Å². The van der Waals surface area contributed by atoms with E-state index in [1.165, 1.54) is 17.0 Å². The number of alkyl halides is 3. The first kappa shape index (κ1) is 19.2. The lowest BCUT2D eigenvalue weighted by Gasteiger charge is -2.32. The number of aromatic nitrogens is 2. The highest BCUT2D eigenvalue weighted by atomic mass is 19.4. The molecule has 1 aliphatic rings. The van der Waals surface area contributed by atoms with Crippen LogP contribution in [0.25, 0.3) is 0 Å². The monoisotopic (exact) mass is 384 g/mol. The number of hydrogen-bond acceptors (Lipinski definition) is 5. The number of halogens is 4. The van der Waals surface area contributed by atoms with Crippen molar-refractivity contribution in [2.75, 3.05) is 37.0 Å². The van der Waals surface area contributed by atoms with Gasteiger partial charge in [-0.05, 0) is 24.3 Å². The Labute approximate surface area is 154 Å². The van der Waals surface area contributed by atoms with Crippen molar-refractivity contribution in [2.24, 2.45) is 0 Å². The standard InChI is InChI=1S/C18H20F4N4O/c1-25(2)16-11-15(18(20,21)22)23-17(24-16)26-9-7-14(8-10-26)27-13-5-3-12(19)4-6-13/h3-6,11,14H,7-10H2,1-2H3. The summed E-state index contributed by atoms with van der Waals surface area (Å²) in [5.41, 5.74) is -0.958. The van der Waals surface area contributed by atoms with E-state index in [9.17, 15) is 17.6 Å². The largest absolute Gasteiger partial charge is 0.490 e. The summed E-state index contributed by atoms with van der Waals surface area (Å²) in [6.07, 6.45) is -3.42. The molecule has 0 amide bonds. The Kier molecular flexibility index (Phi) is 5.38. The van der Waals surface area contributed by atoms with Crippen LogP contribution in [0.4, 0.5) is 29.3 Å². The van der Waals surface area contributed by atoms with Crippen LogP contribution in [0.1, 0.15) is 18.5 Å². The van der Waals surface area contributed by atoms with Crippen LogP contribution in [0, 0.1) is 5.82 Å². The Morgan fingerprint density at radius 3 is 2.26 bits per heavy atom. The molecule has 0 radical (unpaired) electrons. The molecule has 3 rings (SSSR count). The van der Waals surface area contributed by atoms with Crippen molar-refractivity contribution < 1.29 is 22.3 Å². The summed E-state index contributed by atoms with van der Waals surface area (Å²) in [6, 6.07) is 6.70. The minimum absolute atomic E-state index is 0.0637. The number of hydrogen-bond donors (Lipinski definition) is 0. The third-order valence-corrected chi connectivity index (χ3v) is 4.29. The number of anilines is 2. The molecule has 9 heteroatoms. The maximum absolute atomic E-state index is 13.1. The summed E-state index contributed by atoms with van der Waals surface area (Å²) in [4.78, 5) is 11.2. The van der Waals surface area contributed by atoms with E-state index < -0.39 is 11.9 Å². The lowest BCUT2D eigenvalue weighted by atomic mass is 10.1. The second-order valence-electron chi connectivity index (χ2n) is 6.56. The molecule has 1 aliphatic heterocycles. The molecule has 27 heavy (non-hydrogen) atoms. The van der Waals surface area contributed by atoms with Gasteiger partial charge in [0, 0.05) is 46.1 Å². The van der Waals surface area contributed by atoms with Crippen molar-refractivity contribution in [1.29, 1.82) is 0 Å². The molecular weight excluding hydrogens is 364 g/mol. The molecule has 0 N–H and O–H groups in total. The fraction of sp³-hybridized carbons (Fsp3) is 0.444. The van der Waals surface area contributed by atoms with Crippen LogP contribution >= 0.6 is 0 Å². The van der Waals surface area contributed by atoms with Gasteiger partial charge >= 0.3 is 6.18 Å². The number of rotatable bonds is 4. The molecule has 0 unspecified atom stereocenters. The molecule has 1 aromatic heterocycles. The second kappa shape index (κ2) is 7.58. The van der Waals surface area contributed by atoms with Crippen molar-refractivity contribution in [3.8, 4) is 5.75 Å². The number of nitrogens with zero attached hydrogens (tertiary/aromatic N) is 4. The van der Waals surface area contributed by atoms with Gasteiger partial charge in [0.15, 0.2) is 5.69 Å². The molecule has 2 heterocycles. The van der Waals surface area contributed by atoms with E-state index in [0.29, 0.717) is 31.7 Å². The van der Waals surface area contributed by atoms with E-state index in [0.717, 1.165) is 6.07 Å². The van der Waals surface area contributed by atoms with Crippen LogP contribution in [-0.4, -0.2) is 43.3 Å². The Balaban J connectivity index is 1.70. The quantitative estimate of drug-likeness (QED) is 0.751. The SMILES string of the molecule is CN(C)c1cc(C(F)(F)F)nc(N2CCC(Oc3ccc(F)cc3)CC2)n1. The van der Waals surface area contributed by atoms with E-state index in [4.69, 9.17) is 4.74 Å². The topological polar surface area (TPSA) is 41.5 Å². The van der Waals surface area contributed by atoms with Crippen LogP contribution in [0.3, 0.4) is 0 Å². The summed E-state index contributed by atoms with van der Waals surface area (Å²) in [5.74, 6) is 0.501. The zero-order valence-corrected chi connectivity index (χ0v) is 15.0. The van der Waals surface area contributed by atoms with Gasteiger partial charge in [0.2, 0.25) is 5.95 Å². The summed E-state index contributed by atoms with van der Waals surface area (Å²) >= 11 is 0. The van der Waals surface area contributed by atoms with Crippen LogP contribution in [0.5, 0.6) is 5.75 Å². The Morgan fingerprint density at radius 1 is 1.07 bits per heavy atom. The molecule has 0 saturated carbocycles. The minimum Gasteiger partial charge on any atom is -0.490 e. The van der Waals surface area contributed by atoms with E-state index in [1.54, 1.807) is 31.1 Å². The molecule has 0 aliphatic carbocycles. The third-order valence-electron chi connectivity index (χ3n) is 4.29. The smallest absolute Gasteiger partial charge is 0.433 e. The molecule has 146 valence electrons. The van der Waals surface area contributed by atoms with Crippen LogP contribution in [-0.2, 0) is 6.18 Å². The summed E-state index contributed by atoms with van der Waals surface area (Å²) in [6.45, 7) is 0.945. The number of piperidine rings is 1. The first-order chi connectivity index (χ1) is 12.7. The highest BCUT2D eigenvalue weighted by Crippen LogP contribution is 2.31. The summed E-state index contributed by atoms with van der Waals surface area (Å²) < 4.78 is 58.2. The van der Waals surface area contributed by atoms with Crippen molar-refractivity contribution in [1.82, 2.24) is 9.97 Å². The lowest BCUT2D eigenvalue weighted by molar-refractivity contribution is -0.141. The van der Waals surface area contributed by atoms with Gasteiger partial charge in [-0.3, -0.25) is 0 Å². The molecule has 0 bridgehead atoms. The summed E-state index contributed by atoms with van der Waals surface area (Å²) in [7, 11) is 3.27. The molecule has 1 saturated heterocycles. The first-order valence-electron chi connectivity index (χ1n) is 8.53. The summed E-state index contributed by atoms with van der Waals surface area (Å²) in [5, 5.41) is 0. The van der Waals surface area contributed by atoms with E-state index in [2.05, 4.69) is 9.97 Å². The zero-order chi connectivity index (χ0) is 19.6. The van der Waals surface area contributed by atoms with Crippen LogP contribution < -0.4 is 14.5 Å². The van der Waals surface area contributed by atoms with Gasteiger partial charge in [0.1, 0.15) is 23.5 Å². The third kappa shape index (κ3) is 4.78. The van der Waals surface area contributed by atoms with Gasteiger partial charge in [0.25, 0.3) is 0 Å². The van der Waals surface area contributed by atoms with Gasteiger partial charge in [0.05, 0.1) is 0 Å². The second-order valence-corrected chi connectivity index (χ2v) is 6.56. The van der Waals surface area contributed by atoms with Crippen molar-refractivity contribution >= 4 is 11.8 Å². The van der Waals surface area contributed by atoms with Crippen LogP contribution in [0.2, 0.25) is 0 Å². The fourth-order valence-electron chi connectivity index (χ4n) is 2.82. The average Bonchev–Trinajstić information content (AvgIpc) is 2.63. The minimum atomic E-state index is -4.54. The highest BCUT2D eigenvalue weighted by Gasteiger charge is 2.35. The van der Waals surface area contributed by atoms with Gasteiger partial charge in [-0.2, -0.15) is 18.2 Å². The Bertz CT molecular complexity index is 772. The fourth-order valence-corrected chi connectivity index (χ4v) is 2.82. The predicted molar refractivity (Wildman–Crippen MR) is 93.6 cm³/mol. The predicted octanol–water partition coefficient (Wildman–Crippen LogP) is 3.75. The lowest BCUT2D eigenvalue weighted by Crippen LogP contribution is -2.39. The molecular formula is C18H20F4N4O. The van der Waals surface area contributed by atoms with E-state index in [-0.39, 0.29) is 23.7 Å². The van der Waals surface area contributed by atoms with E-state index >= 15 is 0 Å². The van der Waals surface area contributed by atoms with Gasteiger partial charge in [-0.15, -0.1) is 0 Å². The maximum Gasteiger partial charge on any atom is 0.433 e. The normalized spacial score (nSPS) is 15.7. The molecule has 1 aromatic carbocycles. The van der Waals surface area contributed by atoms with Gasteiger partial charge in [-0.1, -0.05) is 0 Å². The van der Waals surface area contributed by atoms with Gasteiger partial charge < -0.3 is 14.5 Å². The Morgan fingerprint density at radius 2 is 1.70 bits per heavy atom. The highest BCUT2D eigenvalue weighted by molar-refractivity contribution is 5.46. The molecule has 0 spiro atoms. The van der Waals surface area contributed by atoms with E-state index in [1.807, 2.05) is 0 Å². The first-order valence-corrected chi connectivity index (χ1v) is 8.53. The number of ether oxygens (including phenoxy) is 1. The molecule has 2 aromatic rings. The van der Waals surface area contributed by atoms with Crippen molar-refractivity contribution in [2.45, 2.75) is 25.1 Å². The van der Waals surface area contributed by atoms with Crippen molar-refractivity contribution in [3.05, 3.63) is 41.8 Å². The maximum atomic E-state index is 13.1. The number of benzene rings is 1.